The Bertz CT molecular complexity index is 479. The molecule has 2 aliphatic carbocycles. The number of hydrogen-bond acceptors (Lipinski definition) is 4. The fraction of sp³-hybridized carbons (Fsp3) is 0.583. The monoisotopic (exact) mass is 266 g/mol. The van der Waals surface area contributed by atoms with Crippen LogP contribution in [0.25, 0.3) is 0 Å². The van der Waals surface area contributed by atoms with Gasteiger partial charge in [0.25, 0.3) is 0 Å². The van der Waals surface area contributed by atoms with Gasteiger partial charge in [0.2, 0.25) is 11.2 Å². The summed E-state index contributed by atoms with van der Waals surface area (Å²) in [5.41, 5.74) is 6.13. The summed E-state index contributed by atoms with van der Waals surface area (Å²) in [6.07, 6.45) is 4.88. The van der Waals surface area contributed by atoms with Crippen molar-refractivity contribution in [1.29, 1.82) is 0 Å². The van der Waals surface area contributed by atoms with Crippen molar-refractivity contribution in [2.45, 2.75) is 25.3 Å². The van der Waals surface area contributed by atoms with Gasteiger partial charge in [-0.25, -0.2) is 9.97 Å². The Morgan fingerprint density at radius 3 is 2.89 bits per heavy atom. The van der Waals surface area contributed by atoms with Crippen molar-refractivity contribution in [2.75, 3.05) is 5.32 Å². The van der Waals surface area contributed by atoms with Gasteiger partial charge in [-0.15, -0.1) is 0 Å². The highest BCUT2D eigenvalue weighted by atomic mass is 35.5. The van der Waals surface area contributed by atoms with Crippen LogP contribution in [0.5, 0.6) is 0 Å². The van der Waals surface area contributed by atoms with Gasteiger partial charge in [0.15, 0.2) is 0 Å². The first kappa shape index (κ1) is 11.9. The molecule has 4 atom stereocenters. The van der Waals surface area contributed by atoms with Crippen LogP contribution in [0.2, 0.25) is 5.28 Å². The molecule has 1 aromatic heterocycles. The first-order valence-corrected chi connectivity index (χ1v) is 6.58. The summed E-state index contributed by atoms with van der Waals surface area (Å²) in [5.74, 6) is 1.26. The number of aromatic nitrogens is 2. The molecule has 6 heteroatoms. The van der Waals surface area contributed by atoms with Crippen molar-refractivity contribution in [1.82, 2.24) is 9.97 Å². The summed E-state index contributed by atoms with van der Waals surface area (Å²) in [7, 11) is 0. The summed E-state index contributed by atoms with van der Waals surface area (Å²) in [4.78, 5) is 20.0. The number of hydrogen-bond donors (Lipinski definition) is 2. The van der Waals surface area contributed by atoms with Crippen molar-refractivity contribution >= 4 is 23.3 Å². The predicted octanol–water partition coefficient (Wildman–Crippen LogP) is 1.44. The molecule has 1 amide bonds. The third-order valence-electron chi connectivity index (χ3n) is 4.16. The number of carbonyl (C=O) groups is 1. The van der Waals surface area contributed by atoms with Gasteiger partial charge < -0.3 is 11.1 Å². The third-order valence-corrected chi connectivity index (χ3v) is 4.34. The maximum Gasteiger partial charge on any atom is 0.230 e. The van der Waals surface area contributed by atoms with E-state index in [2.05, 4.69) is 15.3 Å². The van der Waals surface area contributed by atoms with Crippen molar-refractivity contribution in [3.05, 3.63) is 17.5 Å². The molecule has 1 heterocycles. The van der Waals surface area contributed by atoms with Crippen LogP contribution in [-0.4, -0.2) is 21.9 Å². The minimum atomic E-state index is -0.0857. The topological polar surface area (TPSA) is 80.9 Å². The first-order chi connectivity index (χ1) is 8.65. The second-order valence-corrected chi connectivity index (χ2v) is 5.47. The number of carbonyl (C=O) groups excluding carboxylic acids is 1. The largest absolute Gasteiger partial charge is 0.327 e. The molecule has 0 aliphatic heterocycles. The molecule has 3 N–H and O–H groups in total. The van der Waals surface area contributed by atoms with Crippen LogP contribution in [-0.2, 0) is 4.79 Å². The standard InChI is InChI=1S/C12H15ClN4O/c13-12-15-4-3-8(17-12)16-11(18)9-6-1-2-7(5-6)10(9)14/h3-4,6-7,9-10H,1-2,5,14H2,(H,15,16,17,18). The normalized spacial score (nSPS) is 33.7. The lowest BCUT2D eigenvalue weighted by Crippen LogP contribution is -2.42. The quantitative estimate of drug-likeness (QED) is 0.794. The Kier molecular flexibility index (Phi) is 2.95. The molecule has 5 nitrogen and oxygen atoms in total. The number of amides is 1. The highest BCUT2D eigenvalue weighted by molar-refractivity contribution is 6.28. The van der Waals surface area contributed by atoms with Gasteiger partial charge in [0.1, 0.15) is 5.82 Å². The van der Waals surface area contributed by atoms with Gasteiger partial charge in [-0.3, -0.25) is 4.79 Å². The molecule has 18 heavy (non-hydrogen) atoms. The van der Waals surface area contributed by atoms with E-state index >= 15 is 0 Å². The zero-order valence-electron chi connectivity index (χ0n) is 9.84. The average Bonchev–Trinajstić information content (AvgIpc) is 2.89. The minimum Gasteiger partial charge on any atom is -0.327 e. The Hall–Kier alpha value is -1.20. The highest BCUT2D eigenvalue weighted by Crippen LogP contribution is 2.47. The number of nitrogens with one attached hydrogen (secondary N) is 1. The van der Waals surface area contributed by atoms with Gasteiger partial charge in [-0.1, -0.05) is 0 Å². The summed E-state index contributed by atoms with van der Waals surface area (Å²) < 4.78 is 0. The summed E-state index contributed by atoms with van der Waals surface area (Å²) in [6, 6.07) is 1.61. The van der Waals surface area contributed by atoms with Gasteiger partial charge >= 0.3 is 0 Å². The molecule has 0 radical (unpaired) electrons. The van der Waals surface area contributed by atoms with Crippen LogP contribution < -0.4 is 11.1 Å². The van der Waals surface area contributed by atoms with Crippen LogP contribution in [0.15, 0.2) is 12.3 Å². The lowest BCUT2D eigenvalue weighted by atomic mass is 9.84. The van der Waals surface area contributed by atoms with E-state index in [9.17, 15) is 4.79 Å². The Balaban J connectivity index is 1.72. The Morgan fingerprint density at radius 2 is 2.22 bits per heavy atom. The molecule has 96 valence electrons. The number of nitrogens with zero attached hydrogens (tertiary/aromatic N) is 2. The zero-order valence-corrected chi connectivity index (χ0v) is 10.6. The van der Waals surface area contributed by atoms with Crippen LogP contribution in [0.4, 0.5) is 5.82 Å². The van der Waals surface area contributed by atoms with E-state index < -0.39 is 0 Å². The molecule has 2 saturated carbocycles. The van der Waals surface area contributed by atoms with Crippen molar-refractivity contribution in [3.63, 3.8) is 0 Å². The average molecular weight is 267 g/mol. The molecular formula is C12H15ClN4O. The SMILES string of the molecule is NC1C2CCC(C2)C1C(=O)Nc1ccnc(Cl)n1. The molecule has 2 fully saturated rings. The fourth-order valence-electron chi connectivity index (χ4n) is 3.34. The molecule has 0 spiro atoms. The molecule has 2 aliphatic rings. The Morgan fingerprint density at radius 1 is 1.44 bits per heavy atom. The number of anilines is 1. The molecule has 4 unspecified atom stereocenters. The van der Waals surface area contributed by atoms with Crippen LogP contribution in [0.3, 0.4) is 0 Å². The lowest BCUT2D eigenvalue weighted by Gasteiger charge is -2.26. The van der Waals surface area contributed by atoms with Gasteiger partial charge in [0, 0.05) is 12.2 Å². The van der Waals surface area contributed by atoms with Gasteiger partial charge in [-0.05, 0) is 48.8 Å². The van der Waals surface area contributed by atoms with E-state index in [4.69, 9.17) is 17.3 Å². The van der Waals surface area contributed by atoms with Crippen LogP contribution in [0, 0.1) is 17.8 Å². The number of fused-ring (bicyclic) bond motifs is 2. The molecule has 0 aromatic carbocycles. The second-order valence-electron chi connectivity index (χ2n) is 5.14. The first-order valence-electron chi connectivity index (χ1n) is 6.20. The molecule has 1 aromatic rings. The van der Waals surface area contributed by atoms with E-state index in [0.717, 1.165) is 19.3 Å². The zero-order chi connectivity index (χ0) is 12.7. The van der Waals surface area contributed by atoms with Crippen molar-refractivity contribution in [2.24, 2.45) is 23.5 Å². The lowest BCUT2D eigenvalue weighted by molar-refractivity contribution is -0.121. The van der Waals surface area contributed by atoms with Gasteiger partial charge in [-0.2, -0.15) is 0 Å². The van der Waals surface area contributed by atoms with Gasteiger partial charge in [0.05, 0.1) is 5.92 Å². The summed E-state index contributed by atoms with van der Waals surface area (Å²) in [6.45, 7) is 0. The van der Waals surface area contributed by atoms with Crippen LogP contribution in [0.1, 0.15) is 19.3 Å². The molecule has 2 bridgehead atoms. The Labute approximate surface area is 110 Å². The molecule has 3 rings (SSSR count). The molecule has 0 saturated heterocycles. The number of halogens is 1. The highest BCUT2D eigenvalue weighted by Gasteiger charge is 2.49. The van der Waals surface area contributed by atoms with E-state index in [1.165, 1.54) is 6.20 Å². The van der Waals surface area contributed by atoms with E-state index in [1.54, 1.807) is 6.07 Å². The minimum absolute atomic E-state index is 0.0129. The van der Waals surface area contributed by atoms with E-state index in [-0.39, 0.29) is 23.2 Å². The maximum atomic E-state index is 12.2. The second kappa shape index (κ2) is 4.48. The number of rotatable bonds is 2. The summed E-state index contributed by atoms with van der Waals surface area (Å²) in [5, 5.41) is 2.92. The summed E-state index contributed by atoms with van der Waals surface area (Å²) >= 11 is 5.68. The van der Waals surface area contributed by atoms with Crippen LogP contribution >= 0.6 is 11.6 Å². The van der Waals surface area contributed by atoms with E-state index in [0.29, 0.717) is 17.7 Å². The van der Waals surface area contributed by atoms with Crippen molar-refractivity contribution in [3.8, 4) is 0 Å². The maximum absolute atomic E-state index is 12.2. The predicted molar refractivity (Wildman–Crippen MR) is 68.0 cm³/mol. The smallest absolute Gasteiger partial charge is 0.230 e. The van der Waals surface area contributed by atoms with E-state index in [1.807, 2.05) is 0 Å². The third kappa shape index (κ3) is 1.97. The van der Waals surface area contributed by atoms with Crippen molar-refractivity contribution < 1.29 is 4.79 Å². The number of nitrogens with two attached hydrogens (primary N) is 1. The molecular weight excluding hydrogens is 252 g/mol. The fourth-order valence-corrected chi connectivity index (χ4v) is 3.49.